The van der Waals surface area contributed by atoms with Crippen molar-refractivity contribution in [2.24, 2.45) is 0 Å². The Kier molecular flexibility index (Phi) is 5.26. The molecule has 1 aliphatic rings. The second kappa shape index (κ2) is 7.77. The average molecular weight is 437 g/mol. The number of benzene rings is 1. The smallest absolute Gasteiger partial charge is 0.251 e. The van der Waals surface area contributed by atoms with E-state index in [2.05, 4.69) is 40.5 Å². The molecular weight excluding hydrogens is 412 g/mol. The monoisotopic (exact) mass is 436 g/mol. The van der Waals surface area contributed by atoms with Gasteiger partial charge in [0.05, 0.1) is 11.4 Å². The molecule has 0 spiro atoms. The van der Waals surface area contributed by atoms with Crippen molar-refractivity contribution in [3.8, 4) is 11.1 Å². The zero-order valence-electron chi connectivity index (χ0n) is 17.6. The van der Waals surface area contributed by atoms with Gasteiger partial charge in [-0.1, -0.05) is 19.9 Å². The Morgan fingerprint density at radius 2 is 1.77 bits per heavy atom. The Hall–Kier alpha value is -3.26. The molecule has 0 bridgehead atoms. The fraction of sp³-hybridized carbons (Fsp3) is 0.261. The summed E-state index contributed by atoms with van der Waals surface area (Å²) in [5.41, 5.74) is 4.73. The summed E-state index contributed by atoms with van der Waals surface area (Å²) in [6, 6.07) is 13.2. The molecule has 0 radical (unpaired) electrons. The van der Waals surface area contributed by atoms with Gasteiger partial charge in [0.15, 0.2) is 9.84 Å². The summed E-state index contributed by atoms with van der Waals surface area (Å²) >= 11 is 0. The number of sulfone groups is 1. The summed E-state index contributed by atoms with van der Waals surface area (Å²) in [6.07, 6.45) is 4.47. The van der Waals surface area contributed by atoms with E-state index in [0.29, 0.717) is 29.3 Å². The molecule has 0 saturated carbocycles. The lowest BCUT2D eigenvalue weighted by atomic mass is 9.78. The molecule has 0 fully saturated rings. The molecule has 0 saturated heterocycles. The maximum Gasteiger partial charge on any atom is 0.251 e. The summed E-state index contributed by atoms with van der Waals surface area (Å²) in [7, 11) is -3.17. The second-order valence-electron chi connectivity index (χ2n) is 8.49. The van der Waals surface area contributed by atoms with Crippen LogP contribution in [-0.4, -0.2) is 37.1 Å². The minimum atomic E-state index is -3.17. The van der Waals surface area contributed by atoms with Gasteiger partial charge in [0, 0.05) is 41.9 Å². The summed E-state index contributed by atoms with van der Waals surface area (Å²) in [4.78, 5) is 20.7. The molecule has 1 aromatic carbocycles. The van der Waals surface area contributed by atoms with Crippen molar-refractivity contribution in [1.29, 1.82) is 0 Å². The number of anilines is 2. The van der Waals surface area contributed by atoms with Gasteiger partial charge in [0.2, 0.25) is 0 Å². The number of pyridine rings is 2. The predicted molar refractivity (Wildman–Crippen MR) is 121 cm³/mol. The number of nitrogens with one attached hydrogen (secondary N) is 2. The Labute approximate surface area is 181 Å². The molecule has 1 amide bonds. The van der Waals surface area contributed by atoms with Crippen LogP contribution in [0.4, 0.5) is 11.5 Å². The lowest BCUT2D eigenvalue weighted by Gasteiger charge is -2.32. The highest BCUT2D eigenvalue weighted by molar-refractivity contribution is 7.89. The van der Waals surface area contributed by atoms with Crippen molar-refractivity contribution in [3.05, 3.63) is 71.7 Å². The number of rotatable bonds is 5. The van der Waals surface area contributed by atoms with Crippen molar-refractivity contribution in [2.45, 2.75) is 25.0 Å². The third kappa shape index (κ3) is 4.74. The molecule has 7 nitrogen and oxygen atoms in total. The Balaban J connectivity index is 1.63. The van der Waals surface area contributed by atoms with Crippen molar-refractivity contribution in [1.82, 2.24) is 15.3 Å². The maximum atomic E-state index is 12.2. The molecule has 3 aromatic rings. The van der Waals surface area contributed by atoms with E-state index in [1.165, 1.54) is 6.26 Å². The number of carbonyl (C=O) groups excluding carboxylic acids is 1. The van der Waals surface area contributed by atoms with E-state index in [9.17, 15) is 13.2 Å². The van der Waals surface area contributed by atoms with E-state index in [0.717, 1.165) is 16.7 Å². The van der Waals surface area contributed by atoms with Crippen LogP contribution in [0.5, 0.6) is 0 Å². The molecule has 1 aliphatic heterocycles. The highest BCUT2D eigenvalue weighted by Crippen LogP contribution is 2.33. The third-order valence-electron chi connectivity index (χ3n) is 5.28. The fourth-order valence-corrected chi connectivity index (χ4v) is 4.40. The van der Waals surface area contributed by atoms with Crippen molar-refractivity contribution in [2.75, 3.05) is 18.1 Å². The molecule has 0 aliphatic carbocycles. The molecule has 160 valence electrons. The van der Waals surface area contributed by atoms with Crippen molar-refractivity contribution < 1.29 is 13.2 Å². The molecule has 2 N–H and O–H groups in total. The van der Waals surface area contributed by atoms with Gasteiger partial charge in [-0.3, -0.25) is 9.78 Å². The van der Waals surface area contributed by atoms with E-state index < -0.39 is 9.84 Å². The molecule has 8 heteroatoms. The van der Waals surface area contributed by atoms with Crippen LogP contribution >= 0.6 is 0 Å². The molecule has 31 heavy (non-hydrogen) atoms. The van der Waals surface area contributed by atoms with Crippen LogP contribution in [0.1, 0.15) is 35.5 Å². The summed E-state index contributed by atoms with van der Waals surface area (Å²) < 4.78 is 23.1. The second-order valence-corrected chi connectivity index (χ2v) is 10.6. The van der Waals surface area contributed by atoms with E-state index in [1.807, 2.05) is 24.3 Å². The number of carbonyl (C=O) groups is 1. The molecule has 0 atom stereocenters. The van der Waals surface area contributed by atoms with Crippen LogP contribution in [0, 0.1) is 0 Å². The van der Waals surface area contributed by atoms with Gasteiger partial charge in [-0.15, -0.1) is 0 Å². The summed E-state index contributed by atoms with van der Waals surface area (Å²) in [6.45, 7) is 4.83. The van der Waals surface area contributed by atoms with E-state index in [-0.39, 0.29) is 17.1 Å². The minimum absolute atomic E-state index is 0.0412. The van der Waals surface area contributed by atoms with Gasteiger partial charge in [-0.05, 0) is 53.1 Å². The quantitative estimate of drug-likeness (QED) is 0.635. The first-order valence-electron chi connectivity index (χ1n) is 9.90. The largest absolute Gasteiger partial charge is 0.351 e. The summed E-state index contributed by atoms with van der Waals surface area (Å²) in [5, 5.41) is 6.16. The Bertz CT molecular complexity index is 1270. The van der Waals surface area contributed by atoms with Crippen LogP contribution in [0.3, 0.4) is 0 Å². The number of aromatic nitrogens is 2. The Morgan fingerprint density at radius 1 is 1.03 bits per heavy atom. The van der Waals surface area contributed by atoms with Gasteiger partial charge in [-0.25, -0.2) is 13.4 Å². The first-order chi connectivity index (χ1) is 14.6. The highest BCUT2D eigenvalue weighted by atomic mass is 32.2. The van der Waals surface area contributed by atoms with Crippen LogP contribution < -0.4 is 10.6 Å². The van der Waals surface area contributed by atoms with Crippen molar-refractivity contribution in [3.63, 3.8) is 0 Å². The SMILES string of the molecule is CC1(C)CNC(=O)c2ccc(-c3ccnc(Nc4ccnc(CS(C)(=O)=O)c4)c3)cc21. The standard InChI is InChI=1S/C23H24N4O3S/c1-23(2)14-26-22(28)19-5-4-15(10-20(19)23)16-6-8-25-21(11-16)27-17-7-9-24-18(12-17)13-31(3,29)30/h4-12H,13-14H2,1-3H3,(H,26,28)(H,24,25,27). The third-order valence-corrected chi connectivity index (χ3v) is 6.10. The minimum Gasteiger partial charge on any atom is -0.351 e. The van der Waals surface area contributed by atoms with Gasteiger partial charge in [0.1, 0.15) is 5.82 Å². The average Bonchev–Trinajstić information content (AvgIpc) is 2.70. The first kappa shape index (κ1) is 21.0. The fourth-order valence-electron chi connectivity index (χ4n) is 3.70. The van der Waals surface area contributed by atoms with Crippen LogP contribution in [0.25, 0.3) is 11.1 Å². The molecule has 0 unspecified atom stereocenters. The maximum absolute atomic E-state index is 12.2. The molecule has 2 aromatic heterocycles. The van der Waals surface area contributed by atoms with Crippen LogP contribution in [0.15, 0.2) is 54.9 Å². The van der Waals surface area contributed by atoms with Gasteiger partial charge in [0.25, 0.3) is 5.91 Å². The van der Waals surface area contributed by atoms with Gasteiger partial charge in [-0.2, -0.15) is 0 Å². The number of nitrogens with zero attached hydrogens (tertiary/aromatic N) is 2. The van der Waals surface area contributed by atoms with Crippen LogP contribution in [0.2, 0.25) is 0 Å². The number of hydrogen-bond donors (Lipinski definition) is 2. The first-order valence-corrected chi connectivity index (χ1v) is 12.0. The zero-order chi connectivity index (χ0) is 22.2. The zero-order valence-corrected chi connectivity index (χ0v) is 18.5. The summed E-state index contributed by atoms with van der Waals surface area (Å²) in [5.74, 6) is 0.471. The molecule has 3 heterocycles. The van der Waals surface area contributed by atoms with E-state index in [4.69, 9.17) is 0 Å². The number of hydrogen-bond acceptors (Lipinski definition) is 6. The number of amides is 1. The Morgan fingerprint density at radius 3 is 2.55 bits per heavy atom. The van der Waals surface area contributed by atoms with E-state index in [1.54, 1.807) is 24.5 Å². The van der Waals surface area contributed by atoms with E-state index >= 15 is 0 Å². The molecular formula is C23H24N4O3S. The predicted octanol–water partition coefficient (Wildman–Crippen LogP) is 3.45. The lowest BCUT2D eigenvalue weighted by molar-refractivity contribution is 0.0930. The molecule has 4 rings (SSSR count). The lowest BCUT2D eigenvalue weighted by Crippen LogP contribution is -2.43. The number of fused-ring (bicyclic) bond motifs is 1. The van der Waals surface area contributed by atoms with Crippen LogP contribution in [-0.2, 0) is 21.0 Å². The van der Waals surface area contributed by atoms with Crippen molar-refractivity contribution >= 4 is 27.2 Å². The topological polar surface area (TPSA) is 101 Å². The normalized spacial score (nSPS) is 15.1. The highest BCUT2D eigenvalue weighted by Gasteiger charge is 2.31. The van der Waals surface area contributed by atoms with Gasteiger partial charge >= 0.3 is 0 Å². The van der Waals surface area contributed by atoms with Gasteiger partial charge < -0.3 is 10.6 Å².